The van der Waals surface area contributed by atoms with Crippen LogP contribution in [-0.2, 0) is 11.3 Å². The van der Waals surface area contributed by atoms with Gasteiger partial charge in [-0.15, -0.1) is 0 Å². The minimum atomic E-state index is -0.635. The molecule has 19 heavy (non-hydrogen) atoms. The van der Waals surface area contributed by atoms with Crippen molar-refractivity contribution < 1.29 is 13.9 Å². The van der Waals surface area contributed by atoms with Crippen LogP contribution >= 0.6 is 11.8 Å². The Hall–Kier alpha value is -1.07. The zero-order chi connectivity index (χ0) is 13.8. The number of hydrogen-bond acceptors (Lipinski definition) is 4. The van der Waals surface area contributed by atoms with E-state index in [1.807, 2.05) is 11.8 Å². The van der Waals surface area contributed by atoms with Crippen molar-refractivity contribution in [3.8, 4) is 0 Å². The Labute approximate surface area is 117 Å². The standard InChI is InChI=1S/C14H18FNO2S/c1-16(11-5-6-19-9-11)8-10-3-4-12(13(15)7-10)14(17)18-2/h3-4,7,11H,5-6,8-9H2,1-2H3. The van der Waals surface area contributed by atoms with Crippen LogP contribution in [0.1, 0.15) is 22.3 Å². The summed E-state index contributed by atoms with van der Waals surface area (Å²) in [6.45, 7) is 0.698. The van der Waals surface area contributed by atoms with E-state index in [0.717, 1.165) is 11.3 Å². The number of methoxy groups -OCH3 is 1. The summed E-state index contributed by atoms with van der Waals surface area (Å²) in [5, 5.41) is 0. The van der Waals surface area contributed by atoms with Crippen molar-refractivity contribution in [3.63, 3.8) is 0 Å². The largest absolute Gasteiger partial charge is 0.465 e. The maximum atomic E-state index is 13.8. The third kappa shape index (κ3) is 3.48. The fourth-order valence-corrected chi connectivity index (χ4v) is 3.52. The van der Waals surface area contributed by atoms with E-state index in [1.54, 1.807) is 6.07 Å². The molecule has 1 atom stereocenters. The first kappa shape index (κ1) is 14.3. The second-order valence-electron chi connectivity index (χ2n) is 4.74. The summed E-state index contributed by atoms with van der Waals surface area (Å²) in [5.74, 6) is 1.19. The number of carbonyl (C=O) groups excluding carboxylic acids is 1. The van der Waals surface area contributed by atoms with Crippen LogP contribution in [0, 0.1) is 5.82 Å². The van der Waals surface area contributed by atoms with Crippen LogP contribution < -0.4 is 0 Å². The number of esters is 1. The molecule has 104 valence electrons. The highest BCUT2D eigenvalue weighted by Gasteiger charge is 2.20. The predicted molar refractivity (Wildman–Crippen MR) is 74.9 cm³/mol. The van der Waals surface area contributed by atoms with Crippen LogP contribution in [0.3, 0.4) is 0 Å². The fraction of sp³-hybridized carbons (Fsp3) is 0.500. The van der Waals surface area contributed by atoms with E-state index >= 15 is 0 Å². The Kier molecular flexibility index (Phi) is 4.82. The van der Waals surface area contributed by atoms with Gasteiger partial charge in [-0.2, -0.15) is 11.8 Å². The first-order valence-corrected chi connectivity index (χ1v) is 7.42. The lowest BCUT2D eigenvalue weighted by molar-refractivity contribution is 0.0595. The molecule has 1 aromatic rings. The Balaban J connectivity index is 2.05. The molecule has 0 radical (unpaired) electrons. The van der Waals surface area contributed by atoms with Gasteiger partial charge in [0.1, 0.15) is 5.82 Å². The smallest absolute Gasteiger partial charge is 0.340 e. The van der Waals surface area contributed by atoms with Crippen molar-refractivity contribution in [2.24, 2.45) is 0 Å². The molecule has 3 nitrogen and oxygen atoms in total. The van der Waals surface area contributed by atoms with Crippen LogP contribution in [0.2, 0.25) is 0 Å². The van der Waals surface area contributed by atoms with Crippen LogP contribution in [0.4, 0.5) is 4.39 Å². The van der Waals surface area contributed by atoms with Gasteiger partial charge in [0.05, 0.1) is 12.7 Å². The molecule has 1 unspecified atom stereocenters. The van der Waals surface area contributed by atoms with Crippen LogP contribution in [0.5, 0.6) is 0 Å². The SMILES string of the molecule is COC(=O)c1ccc(CN(C)C2CCSC2)cc1F. The lowest BCUT2D eigenvalue weighted by Gasteiger charge is -2.23. The van der Waals surface area contributed by atoms with Crippen molar-refractivity contribution in [3.05, 3.63) is 35.1 Å². The first-order valence-electron chi connectivity index (χ1n) is 6.26. The van der Waals surface area contributed by atoms with Gasteiger partial charge in [-0.1, -0.05) is 6.07 Å². The normalized spacial score (nSPS) is 18.8. The molecule has 1 aromatic carbocycles. The lowest BCUT2D eigenvalue weighted by atomic mass is 10.1. The van der Waals surface area contributed by atoms with E-state index in [4.69, 9.17) is 0 Å². The number of nitrogens with zero attached hydrogens (tertiary/aromatic N) is 1. The van der Waals surface area contributed by atoms with Crippen molar-refractivity contribution in [2.75, 3.05) is 25.7 Å². The second kappa shape index (κ2) is 6.39. The minimum Gasteiger partial charge on any atom is -0.465 e. The van der Waals surface area contributed by atoms with Crippen molar-refractivity contribution in [1.82, 2.24) is 4.90 Å². The van der Waals surface area contributed by atoms with Gasteiger partial charge in [0.25, 0.3) is 0 Å². The van der Waals surface area contributed by atoms with Gasteiger partial charge in [-0.3, -0.25) is 4.90 Å². The molecule has 0 N–H and O–H groups in total. The summed E-state index contributed by atoms with van der Waals surface area (Å²) in [7, 11) is 3.31. The number of benzene rings is 1. The molecule has 1 heterocycles. The molecule has 1 fully saturated rings. The average Bonchev–Trinajstić information content (AvgIpc) is 2.92. The van der Waals surface area contributed by atoms with Crippen molar-refractivity contribution in [2.45, 2.75) is 19.0 Å². The molecular weight excluding hydrogens is 265 g/mol. The Bertz CT molecular complexity index is 461. The summed E-state index contributed by atoms with van der Waals surface area (Å²) in [4.78, 5) is 13.5. The number of thioether (sulfide) groups is 1. The summed E-state index contributed by atoms with van der Waals surface area (Å²) in [6, 6.07) is 5.26. The number of carbonyl (C=O) groups is 1. The Morgan fingerprint density at radius 1 is 1.58 bits per heavy atom. The molecule has 5 heteroatoms. The number of ether oxygens (including phenoxy) is 1. The zero-order valence-corrected chi connectivity index (χ0v) is 12.0. The van der Waals surface area contributed by atoms with E-state index in [2.05, 4.69) is 16.7 Å². The zero-order valence-electron chi connectivity index (χ0n) is 11.2. The van der Waals surface area contributed by atoms with Gasteiger partial charge in [-0.25, -0.2) is 9.18 Å². The van der Waals surface area contributed by atoms with E-state index in [9.17, 15) is 9.18 Å². The highest BCUT2D eigenvalue weighted by molar-refractivity contribution is 7.99. The highest BCUT2D eigenvalue weighted by atomic mass is 32.2. The summed E-state index contributed by atoms with van der Waals surface area (Å²) in [5.41, 5.74) is 0.870. The van der Waals surface area contributed by atoms with E-state index in [-0.39, 0.29) is 5.56 Å². The molecule has 0 amide bonds. The minimum absolute atomic E-state index is 0.00896. The van der Waals surface area contributed by atoms with Crippen LogP contribution in [0.15, 0.2) is 18.2 Å². The van der Waals surface area contributed by atoms with Crippen LogP contribution in [-0.4, -0.2) is 42.6 Å². The Morgan fingerprint density at radius 2 is 2.37 bits per heavy atom. The summed E-state index contributed by atoms with van der Waals surface area (Å²) >= 11 is 1.96. The fourth-order valence-electron chi connectivity index (χ4n) is 2.22. The first-order chi connectivity index (χ1) is 9.11. The molecule has 1 saturated heterocycles. The monoisotopic (exact) mass is 283 g/mol. The highest BCUT2D eigenvalue weighted by Crippen LogP contribution is 2.23. The van der Waals surface area contributed by atoms with E-state index < -0.39 is 11.8 Å². The quantitative estimate of drug-likeness (QED) is 0.794. The molecule has 1 aliphatic rings. The van der Waals surface area contributed by atoms with Gasteiger partial charge in [0, 0.05) is 18.3 Å². The molecule has 0 spiro atoms. The van der Waals surface area contributed by atoms with Gasteiger partial charge < -0.3 is 4.74 Å². The number of hydrogen-bond donors (Lipinski definition) is 0. The number of halogens is 1. The molecule has 0 aliphatic carbocycles. The maximum Gasteiger partial charge on any atom is 0.340 e. The second-order valence-corrected chi connectivity index (χ2v) is 5.89. The predicted octanol–water partition coefficient (Wildman–Crippen LogP) is 2.55. The summed E-state index contributed by atoms with van der Waals surface area (Å²) < 4.78 is 18.3. The molecule has 2 rings (SSSR count). The topological polar surface area (TPSA) is 29.5 Å². The van der Waals surface area contributed by atoms with E-state index in [1.165, 1.54) is 31.4 Å². The lowest BCUT2D eigenvalue weighted by Crippen LogP contribution is -2.30. The van der Waals surface area contributed by atoms with Crippen molar-refractivity contribution in [1.29, 1.82) is 0 Å². The molecule has 0 saturated carbocycles. The van der Waals surface area contributed by atoms with Gasteiger partial charge >= 0.3 is 5.97 Å². The average molecular weight is 283 g/mol. The molecule has 1 aliphatic heterocycles. The van der Waals surface area contributed by atoms with Crippen LogP contribution in [0.25, 0.3) is 0 Å². The maximum absolute atomic E-state index is 13.8. The summed E-state index contributed by atoms with van der Waals surface area (Å²) in [6.07, 6.45) is 1.18. The molecular formula is C14H18FNO2S. The van der Waals surface area contributed by atoms with Gasteiger partial charge in [0.15, 0.2) is 0 Å². The van der Waals surface area contributed by atoms with E-state index in [0.29, 0.717) is 12.6 Å². The third-order valence-corrected chi connectivity index (χ3v) is 4.54. The van der Waals surface area contributed by atoms with Crippen molar-refractivity contribution >= 4 is 17.7 Å². The Morgan fingerprint density at radius 3 is 2.95 bits per heavy atom. The molecule has 0 bridgehead atoms. The van der Waals surface area contributed by atoms with Gasteiger partial charge in [0.2, 0.25) is 0 Å². The number of rotatable bonds is 4. The third-order valence-electron chi connectivity index (χ3n) is 3.40. The molecule has 0 aromatic heterocycles. The van der Waals surface area contributed by atoms with Gasteiger partial charge in [-0.05, 0) is 36.9 Å².